The number of hydrogen-bond acceptors (Lipinski definition) is 4. The molecule has 0 aliphatic carbocycles. The summed E-state index contributed by atoms with van der Waals surface area (Å²) in [4.78, 5) is 7.83. The van der Waals surface area contributed by atoms with E-state index in [0.717, 1.165) is 11.8 Å². The van der Waals surface area contributed by atoms with Crippen molar-refractivity contribution in [3.63, 3.8) is 0 Å². The molecule has 3 rings (SSSR count). The first kappa shape index (κ1) is 18.7. The molecular formula is C20H19F3N4. The number of aromatic nitrogens is 2. The fraction of sp³-hybridized carbons (Fsp3) is 0.200. The summed E-state index contributed by atoms with van der Waals surface area (Å²) < 4.78 is 40.0. The molecule has 0 aliphatic heterocycles. The van der Waals surface area contributed by atoms with Crippen LogP contribution in [-0.4, -0.2) is 9.97 Å². The second-order valence-electron chi connectivity index (χ2n) is 6.35. The lowest BCUT2D eigenvalue weighted by atomic mass is 10.0. The average molecular weight is 372 g/mol. The molecule has 1 aromatic heterocycles. The minimum absolute atomic E-state index is 0.0792. The molecule has 0 atom stereocenters. The third-order valence-electron chi connectivity index (χ3n) is 3.96. The Morgan fingerprint density at radius 1 is 0.852 bits per heavy atom. The zero-order chi connectivity index (χ0) is 19.4. The maximum absolute atomic E-state index is 13.3. The molecule has 0 saturated carbocycles. The number of halogens is 3. The quantitative estimate of drug-likeness (QED) is 0.568. The molecule has 2 aromatic carbocycles. The van der Waals surface area contributed by atoms with Crippen LogP contribution in [0, 0.1) is 0 Å². The number of para-hydroxylation sites is 1. The molecule has 7 heteroatoms. The first-order valence-electron chi connectivity index (χ1n) is 8.46. The number of rotatable bonds is 5. The van der Waals surface area contributed by atoms with Gasteiger partial charge in [0.15, 0.2) is 0 Å². The third-order valence-corrected chi connectivity index (χ3v) is 3.96. The third kappa shape index (κ3) is 4.75. The van der Waals surface area contributed by atoms with E-state index in [4.69, 9.17) is 0 Å². The van der Waals surface area contributed by atoms with Gasteiger partial charge in [0.05, 0.1) is 0 Å². The van der Waals surface area contributed by atoms with Gasteiger partial charge in [-0.2, -0.15) is 18.2 Å². The molecule has 3 aromatic rings. The van der Waals surface area contributed by atoms with Crippen molar-refractivity contribution in [1.29, 1.82) is 0 Å². The van der Waals surface area contributed by atoms with Gasteiger partial charge < -0.3 is 10.6 Å². The van der Waals surface area contributed by atoms with Gasteiger partial charge in [0.25, 0.3) is 0 Å². The maximum atomic E-state index is 13.3. The summed E-state index contributed by atoms with van der Waals surface area (Å²) >= 11 is 0. The molecule has 0 bridgehead atoms. The largest absolute Gasteiger partial charge is 0.421 e. The number of anilines is 4. The number of benzene rings is 2. The average Bonchev–Trinajstić information content (AvgIpc) is 2.62. The van der Waals surface area contributed by atoms with Crippen LogP contribution in [0.1, 0.15) is 30.9 Å². The summed E-state index contributed by atoms with van der Waals surface area (Å²) in [6, 6.07) is 16.2. The van der Waals surface area contributed by atoms with E-state index in [1.807, 2.05) is 30.3 Å². The maximum Gasteiger partial charge on any atom is 0.421 e. The summed E-state index contributed by atoms with van der Waals surface area (Å²) in [7, 11) is 0. The number of nitrogens with one attached hydrogen (secondary N) is 2. The van der Waals surface area contributed by atoms with Gasteiger partial charge in [-0.25, -0.2) is 4.98 Å². The minimum atomic E-state index is -4.56. The van der Waals surface area contributed by atoms with Crippen molar-refractivity contribution in [3.8, 4) is 0 Å². The highest BCUT2D eigenvalue weighted by Gasteiger charge is 2.35. The fourth-order valence-electron chi connectivity index (χ4n) is 2.48. The molecule has 140 valence electrons. The number of nitrogens with zero attached hydrogens (tertiary/aromatic N) is 2. The van der Waals surface area contributed by atoms with E-state index in [1.165, 1.54) is 0 Å². The van der Waals surface area contributed by atoms with Crippen molar-refractivity contribution in [2.24, 2.45) is 0 Å². The minimum Gasteiger partial charge on any atom is -0.340 e. The van der Waals surface area contributed by atoms with E-state index in [1.54, 1.807) is 24.3 Å². The lowest BCUT2D eigenvalue weighted by molar-refractivity contribution is -0.137. The zero-order valence-electron chi connectivity index (χ0n) is 14.9. The second-order valence-corrected chi connectivity index (χ2v) is 6.35. The van der Waals surface area contributed by atoms with Gasteiger partial charge in [0, 0.05) is 17.6 Å². The molecule has 2 N–H and O–H groups in total. The van der Waals surface area contributed by atoms with Crippen LogP contribution in [0.25, 0.3) is 0 Å². The van der Waals surface area contributed by atoms with Gasteiger partial charge in [-0.15, -0.1) is 0 Å². The number of alkyl halides is 3. The Bertz CT molecular complexity index is 891. The Kier molecular flexibility index (Phi) is 5.30. The van der Waals surface area contributed by atoms with Crippen LogP contribution < -0.4 is 10.6 Å². The molecule has 0 saturated heterocycles. The van der Waals surface area contributed by atoms with E-state index < -0.39 is 11.7 Å². The van der Waals surface area contributed by atoms with E-state index in [2.05, 4.69) is 34.4 Å². The van der Waals surface area contributed by atoms with Crippen molar-refractivity contribution in [2.75, 3.05) is 10.6 Å². The summed E-state index contributed by atoms with van der Waals surface area (Å²) in [5.74, 6) is 0.120. The fourth-order valence-corrected chi connectivity index (χ4v) is 2.48. The predicted molar refractivity (Wildman–Crippen MR) is 101 cm³/mol. The Morgan fingerprint density at radius 3 is 2.07 bits per heavy atom. The standard InChI is InChI=1S/C20H19F3N4/c1-13(2)14-8-10-16(11-9-14)25-18-17(20(21,22)23)12-24-19(27-18)26-15-6-4-3-5-7-15/h3-13H,1-2H3,(H2,24,25,26,27). The molecular weight excluding hydrogens is 353 g/mol. The molecule has 0 fully saturated rings. The van der Waals surface area contributed by atoms with Crippen LogP contribution in [0.5, 0.6) is 0 Å². The van der Waals surface area contributed by atoms with Crippen molar-refractivity contribution in [3.05, 3.63) is 71.9 Å². The van der Waals surface area contributed by atoms with Gasteiger partial charge in [0.1, 0.15) is 11.4 Å². The Balaban J connectivity index is 1.91. The lowest BCUT2D eigenvalue weighted by Gasteiger charge is -2.15. The topological polar surface area (TPSA) is 49.8 Å². The van der Waals surface area contributed by atoms with E-state index >= 15 is 0 Å². The second kappa shape index (κ2) is 7.65. The van der Waals surface area contributed by atoms with Crippen molar-refractivity contribution in [2.45, 2.75) is 25.9 Å². The van der Waals surface area contributed by atoms with Crippen molar-refractivity contribution in [1.82, 2.24) is 9.97 Å². The highest BCUT2D eigenvalue weighted by molar-refractivity contribution is 5.63. The van der Waals surface area contributed by atoms with E-state index in [9.17, 15) is 13.2 Å². The van der Waals surface area contributed by atoms with Crippen LogP contribution in [-0.2, 0) is 6.18 Å². The molecule has 0 radical (unpaired) electrons. The van der Waals surface area contributed by atoms with Gasteiger partial charge >= 0.3 is 6.18 Å². The Morgan fingerprint density at radius 2 is 1.48 bits per heavy atom. The summed E-state index contributed by atoms with van der Waals surface area (Å²) in [5.41, 5.74) is 1.39. The van der Waals surface area contributed by atoms with Crippen LogP contribution in [0.2, 0.25) is 0 Å². The van der Waals surface area contributed by atoms with Gasteiger partial charge in [-0.05, 0) is 35.7 Å². The normalized spacial score (nSPS) is 11.5. The summed E-state index contributed by atoms with van der Waals surface area (Å²) in [5, 5.41) is 5.66. The first-order chi connectivity index (χ1) is 12.8. The Labute approximate surface area is 155 Å². The highest BCUT2D eigenvalue weighted by Crippen LogP contribution is 2.35. The Hall–Kier alpha value is -3.09. The van der Waals surface area contributed by atoms with E-state index in [0.29, 0.717) is 17.3 Å². The van der Waals surface area contributed by atoms with Crippen molar-refractivity contribution >= 4 is 23.1 Å². The molecule has 0 aliphatic rings. The summed E-state index contributed by atoms with van der Waals surface area (Å²) in [6.07, 6.45) is -3.78. The molecule has 0 unspecified atom stereocenters. The van der Waals surface area contributed by atoms with E-state index in [-0.39, 0.29) is 11.8 Å². The molecule has 0 spiro atoms. The molecule has 1 heterocycles. The van der Waals surface area contributed by atoms with Gasteiger partial charge in [-0.3, -0.25) is 0 Å². The van der Waals surface area contributed by atoms with Crippen molar-refractivity contribution < 1.29 is 13.2 Å². The molecule has 4 nitrogen and oxygen atoms in total. The van der Waals surface area contributed by atoms with Crippen LogP contribution in [0.3, 0.4) is 0 Å². The van der Waals surface area contributed by atoms with Gasteiger partial charge in [-0.1, -0.05) is 44.2 Å². The smallest absolute Gasteiger partial charge is 0.340 e. The van der Waals surface area contributed by atoms with Gasteiger partial charge in [0.2, 0.25) is 5.95 Å². The molecule has 27 heavy (non-hydrogen) atoms. The lowest BCUT2D eigenvalue weighted by Crippen LogP contribution is -2.12. The van der Waals surface area contributed by atoms with Crippen LogP contribution in [0.15, 0.2) is 60.8 Å². The van der Waals surface area contributed by atoms with Crippen LogP contribution >= 0.6 is 0 Å². The zero-order valence-corrected chi connectivity index (χ0v) is 14.9. The predicted octanol–water partition coefficient (Wildman–Crippen LogP) is 6.11. The number of hydrogen-bond donors (Lipinski definition) is 2. The highest BCUT2D eigenvalue weighted by atomic mass is 19.4. The van der Waals surface area contributed by atoms with Crippen LogP contribution in [0.4, 0.5) is 36.3 Å². The molecule has 0 amide bonds. The summed E-state index contributed by atoms with van der Waals surface area (Å²) in [6.45, 7) is 4.10. The first-order valence-corrected chi connectivity index (χ1v) is 8.46. The SMILES string of the molecule is CC(C)c1ccc(Nc2nc(Nc3ccccc3)ncc2C(F)(F)F)cc1. The monoisotopic (exact) mass is 372 g/mol.